The Balaban J connectivity index is 2.34. The quantitative estimate of drug-likeness (QED) is 0.658. The number of hydrogen-bond acceptors (Lipinski definition) is 5. The zero-order valence-electron chi connectivity index (χ0n) is 14.9. The van der Waals surface area contributed by atoms with E-state index in [1.54, 1.807) is 0 Å². The molecule has 1 aromatic heterocycles. The summed E-state index contributed by atoms with van der Waals surface area (Å²) in [4.78, 5) is -0.223. The van der Waals surface area contributed by atoms with Crippen LogP contribution in [-0.2, 0) is 17.1 Å². The van der Waals surface area contributed by atoms with Gasteiger partial charge in [0, 0.05) is 31.4 Å². The predicted molar refractivity (Wildman–Crippen MR) is 88.3 cm³/mol. The molecule has 0 amide bonds. The number of halogens is 6. The van der Waals surface area contributed by atoms with Crippen molar-refractivity contribution >= 4 is 15.7 Å². The second-order valence-corrected chi connectivity index (χ2v) is 7.51. The van der Waals surface area contributed by atoms with Crippen molar-refractivity contribution in [1.82, 2.24) is 9.78 Å². The molecule has 29 heavy (non-hydrogen) atoms. The first kappa shape index (κ1) is 22.6. The zero-order chi connectivity index (χ0) is 22.0. The molecule has 0 aliphatic heterocycles. The number of nitrogens with one attached hydrogen (secondary N) is 1. The third-order valence-corrected chi connectivity index (χ3v) is 4.68. The standard InChI is InChI=1S/C15H15F6N3O4S/c1-9-13(6-24(2)22-9)29(25,26)23-10-3-11(27-7-14(16,17)18)5-12(4-10)28-8-15(19,20)21/h3-6,23H,7-8H2,1-2H3. The van der Waals surface area contributed by atoms with Gasteiger partial charge in [0.15, 0.2) is 13.2 Å². The summed E-state index contributed by atoms with van der Waals surface area (Å²) in [5.74, 6) is -1.08. The van der Waals surface area contributed by atoms with Gasteiger partial charge in [-0.2, -0.15) is 31.4 Å². The molecular weight excluding hydrogens is 432 g/mol. The number of anilines is 1. The molecule has 0 spiro atoms. The molecular formula is C15H15F6N3O4S. The van der Waals surface area contributed by atoms with Crippen LogP contribution < -0.4 is 14.2 Å². The van der Waals surface area contributed by atoms with Gasteiger partial charge >= 0.3 is 12.4 Å². The minimum absolute atomic E-state index is 0.137. The van der Waals surface area contributed by atoms with E-state index in [0.717, 1.165) is 18.2 Å². The largest absolute Gasteiger partial charge is 0.484 e. The van der Waals surface area contributed by atoms with Gasteiger partial charge in [-0.05, 0) is 6.92 Å². The van der Waals surface area contributed by atoms with Crippen LogP contribution in [0.5, 0.6) is 11.5 Å². The van der Waals surface area contributed by atoms with E-state index in [1.807, 2.05) is 0 Å². The molecule has 0 aliphatic rings. The van der Waals surface area contributed by atoms with Crippen molar-refractivity contribution in [2.75, 3.05) is 17.9 Å². The highest BCUT2D eigenvalue weighted by atomic mass is 32.2. The Morgan fingerprint density at radius 1 is 1.00 bits per heavy atom. The highest BCUT2D eigenvalue weighted by Crippen LogP contribution is 2.30. The maximum Gasteiger partial charge on any atom is 0.422 e. The maximum atomic E-state index is 12.5. The van der Waals surface area contributed by atoms with Gasteiger partial charge in [0.1, 0.15) is 16.4 Å². The van der Waals surface area contributed by atoms with Gasteiger partial charge in [0.25, 0.3) is 10.0 Å². The number of nitrogens with zero attached hydrogens (tertiary/aromatic N) is 2. The molecule has 1 N–H and O–H groups in total. The first-order valence-electron chi connectivity index (χ1n) is 7.72. The third kappa shape index (κ3) is 7.03. The Kier molecular flexibility index (Phi) is 6.25. The summed E-state index contributed by atoms with van der Waals surface area (Å²) in [6.07, 6.45) is -8.24. The Morgan fingerprint density at radius 3 is 1.86 bits per heavy atom. The van der Waals surface area contributed by atoms with Crippen molar-refractivity contribution in [3.8, 4) is 11.5 Å². The summed E-state index contributed by atoms with van der Waals surface area (Å²) >= 11 is 0. The molecule has 0 saturated carbocycles. The van der Waals surface area contributed by atoms with E-state index in [4.69, 9.17) is 0 Å². The van der Waals surface area contributed by atoms with E-state index >= 15 is 0 Å². The lowest BCUT2D eigenvalue weighted by atomic mass is 10.3. The van der Waals surface area contributed by atoms with Crippen LogP contribution in [0.4, 0.5) is 32.0 Å². The molecule has 0 radical (unpaired) electrons. The van der Waals surface area contributed by atoms with E-state index in [-0.39, 0.29) is 16.3 Å². The number of rotatable bonds is 7. The Hall–Kier alpha value is -2.64. The smallest absolute Gasteiger partial charge is 0.422 e. The highest BCUT2D eigenvalue weighted by molar-refractivity contribution is 7.92. The summed E-state index contributed by atoms with van der Waals surface area (Å²) in [5.41, 5.74) is -0.219. The lowest BCUT2D eigenvalue weighted by Gasteiger charge is -2.15. The van der Waals surface area contributed by atoms with Crippen molar-refractivity contribution in [3.05, 3.63) is 30.1 Å². The third-order valence-electron chi connectivity index (χ3n) is 3.20. The van der Waals surface area contributed by atoms with Gasteiger partial charge < -0.3 is 9.47 Å². The van der Waals surface area contributed by atoms with Gasteiger partial charge in [0.05, 0.1) is 11.4 Å². The average Bonchev–Trinajstić information content (AvgIpc) is 2.89. The van der Waals surface area contributed by atoms with E-state index in [1.165, 1.54) is 24.9 Å². The van der Waals surface area contributed by atoms with Crippen LogP contribution in [0.3, 0.4) is 0 Å². The number of benzene rings is 1. The molecule has 1 aromatic carbocycles. The summed E-state index contributed by atoms with van der Waals surface area (Å²) < 4.78 is 111. The minimum Gasteiger partial charge on any atom is -0.484 e. The Bertz CT molecular complexity index is 933. The fourth-order valence-corrected chi connectivity index (χ4v) is 3.44. The van der Waals surface area contributed by atoms with Crippen LogP contribution in [0, 0.1) is 6.92 Å². The van der Waals surface area contributed by atoms with Crippen molar-refractivity contribution in [2.24, 2.45) is 7.05 Å². The zero-order valence-corrected chi connectivity index (χ0v) is 15.7. The van der Waals surface area contributed by atoms with Crippen molar-refractivity contribution in [3.63, 3.8) is 0 Å². The van der Waals surface area contributed by atoms with Crippen molar-refractivity contribution < 1.29 is 44.2 Å². The molecule has 2 aromatic rings. The van der Waals surface area contributed by atoms with Crippen molar-refractivity contribution in [1.29, 1.82) is 0 Å². The van der Waals surface area contributed by atoms with Gasteiger partial charge in [0.2, 0.25) is 0 Å². The lowest BCUT2D eigenvalue weighted by Crippen LogP contribution is -2.20. The lowest BCUT2D eigenvalue weighted by molar-refractivity contribution is -0.153. The first-order valence-corrected chi connectivity index (χ1v) is 9.20. The normalized spacial score (nSPS) is 12.7. The van der Waals surface area contributed by atoms with Gasteiger partial charge in [-0.25, -0.2) is 8.42 Å². The summed E-state index contributed by atoms with van der Waals surface area (Å²) in [5, 5.41) is 3.87. The Morgan fingerprint density at radius 2 is 1.48 bits per heavy atom. The van der Waals surface area contributed by atoms with E-state index < -0.39 is 47.1 Å². The molecule has 0 unspecified atom stereocenters. The first-order chi connectivity index (χ1) is 13.1. The van der Waals surface area contributed by atoms with Crippen LogP contribution in [0.1, 0.15) is 5.69 Å². The van der Waals surface area contributed by atoms with Crippen molar-refractivity contribution in [2.45, 2.75) is 24.2 Å². The van der Waals surface area contributed by atoms with Crippen LogP contribution in [-0.4, -0.2) is 43.8 Å². The molecule has 2 rings (SSSR count). The number of alkyl halides is 6. The Labute approximate surface area is 161 Å². The number of hydrogen-bond donors (Lipinski definition) is 1. The summed E-state index contributed by atoms with van der Waals surface area (Å²) in [6.45, 7) is -2.05. The van der Waals surface area contributed by atoms with E-state index in [9.17, 15) is 34.8 Å². The molecule has 14 heteroatoms. The molecule has 162 valence electrons. The molecule has 0 saturated heterocycles. The summed E-state index contributed by atoms with van der Waals surface area (Å²) in [6, 6.07) is 2.55. The van der Waals surface area contributed by atoms with Crippen LogP contribution >= 0.6 is 0 Å². The van der Waals surface area contributed by atoms with E-state index in [2.05, 4.69) is 19.3 Å². The van der Waals surface area contributed by atoms with Gasteiger partial charge in [-0.3, -0.25) is 9.40 Å². The fraction of sp³-hybridized carbons (Fsp3) is 0.400. The minimum atomic E-state index is -4.71. The average molecular weight is 447 g/mol. The second-order valence-electron chi connectivity index (χ2n) is 5.86. The van der Waals surface area contributed by atoms with E-state index in [0.29, 0.717) is 0 Å². The second kappa shape index (κ2) is 8.00. The maximum absolute atomic E-state index is 12.5. The van der Waals surface area contributed by atoms with Crippen LogP contribution in [0.15, 0.2) is 29.3 Å². The number of ether oxygens (including phenoxy) is 2. The fourth-order valence-electron chi connectivity index (χ4n) is 2.18. The summed E-state index contributed by atoms with van der Waals surface area (Å²) in [7, 11) is -2.76. The monoisotopic (exact) mass is 447 g/mol. The predicted octanol–water partition coefficient (Wildman–Crippen LogP) is 3.41. The molecule has 0 fully saturated rings. The van der Waals surface area contributed by atoms with Crippen LogP contribution in [0.25, 0.3) is 0 Å². The molecule has 0 aliphatic carbocycles. The molecule has 0 bridgehead atoms. The molecule has 1 heterocycles. The van der Waals surface area contributed by atoms with Gasteiger partial charge in [-0.15, -0.1) is 0 Å². The molecule has 0 atom stereocenters. The topological polar surface area (TPSA) is 82.5 Å². The van der Waals surface area contributed by atoms with Gasteiger partial charge in [-0.1, -0.05) is 0 Å². The highest BCUT2D eigenvalue weighted by Gasteiger charge is 2.30. The number of aryl methyl sites for hydroxylation is 2. The van der Waals surface area contributed by atoms with Crippen LogP contribution in [0.2, 0.25) is 0 Å². The number of aromatic nitrogens is 2. The number of sulfonamides is 1. The SMILES string of the molecule is Cc1nn(C)cc1S(=O)(=O)Nc1cc(OCC(F)(F)F)cc(OCC(F)(F)F)c1. The molecule has 7 nitrogen and oxygen atoms in total.